The molecule has 26 heavy (non-hydrogen) atoms. The SMILES string of the molecule is COC[C@]12CC[C@H](N3CCOCC3)C[C@@H]1CCN(c1ccc(C)nn1)C2. The molecule has 0 aromatic carbocycles. The van der Waals surface area contributed by atoms with Gasteiger partial charge in [0.1, 0.15) is 0 Å². The van der Waals surface area contributed by atoms with Gasteiger partial charge in [-0.3, -0.25) is 4.90 Å². The van der Waals surface area contributed by atoms with Gasteiger partial charge in [-0.25, -0.2) is 0 Å². The van der Waals surface area contributed by atoms with Crippen molar-refractivity contribution in [1.82, 2.24) is 15.1 Å². The van der Waals surface area contributed by atoms with Crippen LogP contribution in [0, 0.1) is 18.3 Å². The van der Waals surface area contributed by atoms with Crippen molar-refractivity contribution in [3.8, 4) is 0 Å². The lowest BCUT2D eigenvalue weighted by Gasteiger charge is -2.54. The summed E-state index contributed by atoms with van der Waals surface area (Å²) < 4.78 is 11.3. The molecule has 3 aliphatic rings. The van der Waals surface area contributed by atoms with E-state index in [1.165, 1.54) is 25.7 Å². The fourth-order valence-corrected chi connectivity index (χ4v) is 5.31. The van der Waals surface area contributed by atoms with Crippen LogP contribution in [0.15, 0.2) is 12.1 Å². The molecule has 1 aromatic rings. The minimum atomic E-state index is 0.252. The third-order valence-electron chi connectivity index (χ3n) is 6.75. The van der Waals surface area contributed by atoms with Crippen molar-refractivity contribution in [2.45, 2.75) is 38.6 Å². The number of rotatable bonds is 4. The van der Waals surface area contributed by atoms with Crippen molar-refractivity contribution in [3.05, 3.63) is 17.8 Å². The smallest absolute Gasteiger partial charge is 0.151 e. The molecule has 2 aliphatic heterocycles. The molecule has 4 rings (SSSR count). The Morgan fingerprint density at radius 3 is 2.77 bits per heavy atom. The summed E-state index contributed by atoms with van der Waals surface area (Å²) >= 11 is 0. The zero-order valence-corrected chi connectivity index (χ0v) is 16.2. The summed E-state index contributed by atoms with van der Waals surface area (Å²) in [6.45, 7) is 8.93. The number of hydrogen-bond donors (Lipinski definition) is 0. The number of aromatic nitrogens is 2. The third kappa shape index (κ3) is 3.59. The van der Waals surface area contributed by atoms with Gasteiger partial charge in [0.15, 0.2) is 5.82 Å². The first-order valence-electron chi connectivity index (χ1n) is 10.1. The Kier molecular flexibility index (Phi) is 5.43. The van der Waals surface area contributed by atoms with Crippen LogP contribution in [0.2, 0.25) is 0 Å². The van der Waals surface area contributed by atoms with Crippen molar-refractivity contribution in [2.24, 2.45) is 11.3 Å². The lowest BCUT2D eigenvalue weighted by molar-refractivity contribution is -0.0540. The number of fused-ring (bicyclic) bond motifs is 1. The molecule has 144 valence electrons. The zero-order chi connectivity index (χ0) is 18.0. The lowest BCUT2D eigenvalue weighted by atomic mass is 9.62. The van der Waals surface area contributed by atoms with E-state index in [-0.39, 0.29) is 5.41 Å². The molecule has 0 unspecified atom stereocenters. The molecule has 0 amide bonds. The van der Waals surface area contributed by atoms with Gasteiger partial charge in [0.05, 0.1) is 25.5 Å². The van der Waals surface area contributed by atoms with Crippen molar-refractivity contribution < 1.29 is 9.47 Å². The summed E-state index contributed by atoms with van der Waals surface area (Å²) in [6.07, 6.45) is 5.03. The third-order valence-corrected chi connectivity index (χ3v) is 6.75. The Morgan fingerprint density at radius 1 is 1.19 bits per heavy atom. The second kappa shape index (κ2) is 7.79. The number of anilines is 1. The van der Waals surface area contributed by atoms with E-state index in [0.717, 1.165) is 69.5 Å². The van der Waals surface area contributed by atoms with Gasteiger partial charge >= 0.3 is 0 Å². The highest BCUT2D eigenvalue weighted by molar-refractivity contribution is 5.38. The number of morpholine rings is 1. The van der Waals surface area contributed by atoms with Gasteiger partial charge in [-0.2, -0.15) is 5.10 Å². The maximum absolute atomic E-state index is 5.73. The number of methoxy groups -OCH3 is 1. The van der Waals surface area contributed by atoms with E-state index in [1.807, 2.05) is 14.0 Å². The van der Waals surface area contributed by atoms with Gasteiger partial charge in [0, 0.05) is 44.7 Å². The van der Waals surface area contributed by atoms with Crippen LogP contribution in [0.1, 0.15) is 31.4 Å². The molecule has 3 fully saturated rings. The molecule has 6 nitrogen and oxygen atoms in total. The average Bonchev–Trinajstić information content (AvgIpc) is 2.68. The molecule has 1 saturated carbocycles. The fourth-order valence-electron chi connectivity index (χ4n) is 5.31. The van der Waals surface area contributed by atoms with Crippen LogP contribution in [0.25, 0.3) is 0 Å². The summed E-state index contributed by atoms with van der Waals surface area (Å²) in [4.78, 5) is 5.09. The first-order valence-corrected chi connectivity index (χ1v) is 10.1. The van der Waals surface area contributed by atoms with Gasteiger partial charge in [0.25, 0.3) is 0 Å². The van der Waals surface area contributed by atoms with E-state index in [4.69, 9.17) is 9.47 Å². The van der Waals surface area contributed by atoms with Crippen LogP contribution in [0.3, 0.4) is 0 Å². The standard InChI is InChI=1S/C20H32N4O2/c1-16-3-4-19(22-21-16)24-8-6-17-13-18(23-9-11-26-12-10-23)5-7-20(17,14-24)15-25-2/h3-4,17-18H,5-15H2,1-2H3/t17-,18-,20+/m0/s1. The summed E-state index contributed by atoms with van der Waals surface area (Å²) in [5.41, 5.74) is 1.23. The maximum Gasteiger partial charge on any atom is 0.151 e. The molecular formula is C20H32N4O2. The minimum absolute atomic E-state index is 0.252. The Hall–Kier alpha value is -1.24. The van der Waals surface area contributed by atoms with Gasteiger partial charge < -0.3 is 14.4 Å². The second-order valence-corrected chi connectivity index (χ2v) is 8.31. The molecule has 3 heterocycles. The van der Waals surface area contributed by atoms with E-state index < -0.39 is 0 Å². The lowest BCUT2D eigenvalue weighted by Crippen LogP contribution is -2.57. The van der Waals surface area contributed by atoms with Crippen molar-refractivity contribution in [1.29, 1.82) is 0 Å². The molecule has 1 aromatic heterocycles. The highest BCUT2D eigenvalue weighted by atomic mass is 16.5. The normalized spacial score (nSPS) is 33.1. The zero-order valence-electron chi connectivity index (χ0n) is 16.2. The summed E-state index contributed by atoms with van der Waals surface area (Å²) in [5.74, 6) is 1.75. The Bertz CT molecular complexity index is 590. The monoisotopic (exact) mass is 360 g/mol. The first kappa shape index (κ1) is 18.1. The second-order valence-electron chi connectivity index (χ2n) is 8.31. The van der Waals surface area contributed by atoms with Crippen LogP contribution in [0.5, 0.6) is 0 Å². The van der Waals surface area contributed by atoms with E-state index in [2.05, 4.69) is 32.1 Å². The molecule has 0 N–H and O–H groups in total. The molecule has 0 bridgehead atoms. The molecule has 0 spiro atoms. The van der Waals surface area contributed by atoms with E-state index in [9.17, 15) is 0 Å². The average molecular weight is 361 g/mol. The van der Waals surface area contributed by atoms with Crippen molar-refractivity contribution >= 4 is 5.82 Å². The summed E-state index contributed by atoms with van der Waals surface area (Å²) in [6, 6.07) is 4.90. The number of ether oxygens (including phenoxy) is 2. The van der Waals surface area contributed by atoms with Crippen LogP contribution < -0.4 is 4.90 Å². The van der Waals surface area contributed by atoms with Gasteiger partial charge in [-0.15, -0.1) is 5.10 Å². The highest BCUT2D eigenvalue weighted by Crippen LogP contribution is 2.48. The summed E-state index contributed by atoms with van der Waals surface area (Å²) in [7, 11) is 1.85. The van der Waals surface area contributed by atoms with Crippen LogP contribution in [-0.4, -0.2) is 74.2 Å². The fraction of sp³-hybridized carbons (Fsp3) is 0.800. The largest absolute Gasteiger partial charge is 0.384 e. The Balaban J connectivity index is 1.47. The molecule has 1 aliphatic carbocycles. The topological polar surface area (TPSA) is 50.7 Å². The van der Waals surface area contributed by atoms with Crippen LogP contribution in [0.4, 0.5) is 5.82 Å². The van der Waals surface area contributed by atoms with Crippen molar-refractivity contribution in [3.63, 3.8) is 0 Å². The minimum Gasteiger partial charge on any atom is -0.384 e. The van der Waals surface area contributed by atoms with Crippen LogP contribution in [-0.2, 0) is 9.47 Å². The molecule has 6 heteroatoms. The predicted molar refractivity (Wildman–Crippen MR) is 101 cm³/mol. The molecule has 0 radical (unpaired) electrons. The number of aryl methyl sites for hydroxylation is 1. The quantitative estimate of drug-likeness (QED) is 0.820. The van der Waals surface area contributed by atoms with Crippen LogP contribution >= 0.6 is 0 Å². The first-order chi connectivity index (χ1) is 12.7. The van der Waals surface area contributed by atoms with Crippen molar-refractivity contribution in [2.75, 3.05) is 58.0 Å². The predicted octanol–water partition coefficient (Wildman–Crippen LogP) is 2.13. The Labute approximate surface area is 156 Å². The molecule has 2 saturated heterocycles. The van der Waals surface area contributed by atoms with Gasteiger partial charge in [0.2, 0.25) is 0 Å². The van der Waals surface area contributed by atoms with Gasteiger partial charge in [-0.05, 0) is 50.7 Å². The maximum atomic E-state index is 5.73. The number of piperidine rings is 1. The summed E-state index contributed by atoms with van der Waals surface area (Å²) in [5, 5.41) is 8.69. The Morgan fingerprint density at radius 2 is 2.04 bits per heavy atom. The molecular weight excluding hydrogens is 328 g/mol. The van der Waals surface area contributed by atoms with E-state index in [1.54, 1.807) is 0 Å². The highest BCUT2D eigenvalue weighted by Gasteiger charge is 2.48. The van der Waals surface area contributed by atoms with Gasteiger partial charge in [-0.1, -0.05) is 0 Å². The van der Waals surface area contributed by atoms with E-state index in [0.29, 0.717) is 0 Å². The number of nitrogens with zero attached hydrogens (tertiary/aromatic N) is 4. The van der Waals surface area contributed by atoms with E-state index >= 15 is 0 Å². The molecule has 3 atom stereocenters. The number of hydrogen-bond acceptors (Lipinski definition) is 6.